The average molecular weight is 272 g/mol. The molecular formula is C12H14F2N2O3. The number of nitrogens with zero attached hydrogens (tertiary/aromatic N) is 1. The molecule has 0 saturated heterocycles. The van der Waals surface area contributed by atoms with Crippen molar-refractivity contribution in [1.82, 2.24) is 4.90 Å². The predicted octanol–water partition coefficient (Wildman–Crippen LogP) is 2.21. The van der Waals surface area contributed by atoms with Crippen LogP contribution in [0.5, 0.6) is 0 Å². The predicted molar refractivity (Wildman–Crippen MR) is 65.0 cm³/mol. The van der Waals surface area contributed by atoms with E-state index in [2.05, 4.69) is 5.32 Å². The van der Waals surface area contributed by atoms with E-state index in [4.69, 9.17) is 5.11 Å². The third-order valence-electron chi connectivity index (χ3n) is 2.75. The fraction of sp³-hybridized carbons (Fsp3) is 0.333. The zero-order chi connectivity index (χ0) is 14.7. The minimum atomic E-state index is -1.20. The highest BCUT2D eigenvalue weighted by Gasteiger charge is 2.22. The summed E-state index contributed by atoms with van der Waals surface area (Å²) in [7, 11) is 1.25. The zero-order valence-electron chi connectivity index (χ0n) is 10.7. The molecule has 104 valence electrons. The van der Waals surface area contributed by atoms with E-state index in [-0.39, 0.29) is 11.3 Å². The molecule has 0 aliphatic heterocycles. The Morgan fingerprint density at radius 3 is 2.42 bits per heavy atom. The summed E-state index contributed by atoms with van der Waals surface area (Å²) in [5, 5.41) is 10.9. The van der Waals surface area contributed by atoms with E-state index in [1.54, 1.807) is 0 Å². The quantitative estimate of drug-likeness (QED) is 0.886. The van der Waals surface area contributed by atoms with Crippen LogP contribution >= 0.6 is 0 Å². The molecule has 0 fully saturated rings. The monoisotopic (exact) mass is 272 g/mol. The summed E-state index contributed by atoms with van der Waals surface area (Å²) in [5.74, 6) is -2.65. The van der Waals surface area contributed by atoms with Gasteiger partial charge in [0.2, 0.25) is 0 Å². The van der Waals surface area contributed by atoms with Crippen molar-refractivity contribution < 1.29 is 23.5 Å². The number of aliphatic carboxylic acids is 1. The molecular weight excluding hydrogens is 258 g/mol. The number of hydrogen-bond acceptors (Lipinski definition) is 2. The molecule has 2 N–H and O–H groups in total. The number of halogens is 2. The molecule has 0 aliphatic rings. The Labute approximate surface area is 108 Å². The molecule has 0 spiro atoms. The maximum absolute atomic E-state index is 13.5. The van der Waals surface area contributed by atoms with Crippen molar-refractivity contribution in [3.8, 4) is 0 Å². The summed E-state index contributed by atoms with van der Waals surface area (Å²) in [6.45, 7) is 2.69. The summed E-state index contributed by atoms with van der Waals surface area (Å²) in [6, 6.07) is -0.122. The Hall–Kier alpha value is -2.18. The van der Waals surface area contributed by atoms with Gasteiger partial charge in [-0.3, -0.25) is 0 Å². The Morgan fingerprint density at radius 2 is 1.89 bits per heavy atom. The van der Waals surface area contributed by atoms with Crippen LogP contribution in [0, 0.1) is 18.6 Å². The highest BCUT2D eigenvalue weighted by molar-refractivity contribution is 5.92. The lowest BCUT2D eigenvalue weighted by molar-refractivity contribution is -0.141. The molecule has 1 aromatic carbocycles. The van der Waals surface area contributed by atoms with Gasteiger partial charge in [0, 0.05) is 13.1 Å². The van der Waals surface area contributed by atoms with E-state index in [1.165, 1.54) is 20.9 Å². The summed E-state index contributed by atoms with van der Waals surface area (Å²) in [4.78, 5) is 23.3. The number of carbonyl (C=O) groups is 2. The Kier molecular flexibility index (Phi) is 4.42. The lowest BCUT2D eigenvalue weighted by Gasteiger charge is -2.22. The first-order valence-corrected chi connectivity index (χ1v) is 5.46. The van der Waals surface area contributed by atoms with Crippen molar-refractivity contribution in [3.05, 3.63) is 29.3 Å². The molecule has 0 heterocycles. The number of hydrogen-bond donors (Lipinski definition) is 2. The van der Waals surface area contributed by atoms with Crippen molar-refractivity contribution >= 4 is 17.7 Å². The van der Waals surface area contributed by atoms with Crippen LogP contribution in [0.3, 0.4) is 0 Å². The van der Waals surface area contributed by atoms with E-state index < -0.39 is 29.7 Å². The van der Waals surface area contributed by atoms with Gasteiger partial charge in [0.15, 0.2) is 0 Å². The van der Waals surface area contributed by atoms with Gasteiger partial charge >= 0.3 is 12.0 Å². The van der Waals surface area contributed by atoms with Gasteiger partial charge in [-0.15, -0.1) is 0 Å². The van der Waals surface area contributed by atoms with Gasteiger partial charge < -0.3 is 15.3 Å². The summed E-state index contributed by atoms with van der Waals surface area (Å²) in [6.07, 6.45) is 0. The fourth-order valence-corrected chi connectivity index (χ4v) is 1.29. The van der Waals surface area contributed by atoms with Crippen LogP contribution in [0.25, 0.3) is 0 Å². The standard InChI is InChI=1S/C12H14F2N2O3/c1-6-4-9(14)10(5-8(6)13)15-12(19)16(3)7(2)11(17)18/h4-5,7H,1-3H3,(H,15,19)(H,17,18). The summed E-state index contributed by atoms with van der Waals surface area (Å²) in [5.41, 5.74) is -0.222. The normalized spacial score (nSPS) is 11.8. The highest BCUT2D eigenvalue weighted by Crippen LogP contribution is 2.19. The number of carboxylic acid groups (broad SMARTS) is 1. The van der Waals surface area contributed by atoms with Crippen molar-refractivity contribution in [2.45, 2.75) is 19.9 Å². The van der Waals surface area contributed by atoms with E-state index >= 15 is 0 Å². The maximum atomic E-state index is 13.5. The molecule has 0 aromatic heterocycles. The van der Waals surface area contributed by atoms with E-state index in [0.717, 1.165) is 17.0 Å². The van der Waals surface area contributed by atoms with Crippen LogP contribution in [0.4, 0.5) is 19.3 Å². The van der Waals surface area contributed by atoms with Gasteiger partial charge in [-0.25, -0.2) is 18.4 Å². The van der Waals surface area contributed by atoms with Crippen LogP contribution < -0.4 is 5.32 Å². The van der Waals surface area contributed by atoms with Crippen molar-refractivity contribution in [1.29, 1.82) is 0 Å². The molecule has 5 nitrogen and oxygen atoms in total. The van der Waals surface area contributed by atoms with Crippen LogP contribution in [0.15, 0.2) is 12.1 Å². The Bertz CT molecular complexity index is 520. The molecule has 0 bridgehead atoms. The molecule has 1 aromatic rings. The molecule has 0 saturated carbocycles. The molecule has 19 heavy (non-hydrogen) atoms. The zero-order valence-corrected chi connectivity index (χ0v) is 10.7. The van der Waals surface area contributed by atoms with Crippen LogP contribution in [-0.4, -0.2) is 35.1 Å². The number of urea groups is 1. The first-order chi connectivity index (χ1) is 8.73. The SMILES string of the molecule is Cc1cc(F)c(NC(=O)N(C)C(C)C(=O)O)cc1F. The molecule has 2 amide bonds. The van der Waals surface area contributed by atoms with E-state index in [1.807, 2.05) is 0 Å². The Morgan fingerprint density at radius 1 is 1.32 bits per heavy atom. The summed E-state index contributed by atoms with van der Waals surface area (Å²) >= 11 is 0. The maximum Gasteiger partial charge on any atom is 0.326 e. The van der Waals surface area contributed by atoms with Crippen molar-refractivity contribution in [3.63, 3.8) is 0 Å². The second-order valence-corrected chi connectivity index (χ2v) is 4.14. The van der Waals surface area contributed by atoms with Gasteiger partial charge in [-0.2, -0.15) is 0 Å². The van der Waals surface area contributed by atoms with Crippen LogP contribution in [0.1, 0.15) is 12.5 Å². The minimum absolute atomic E-state index is 0.114. The minimum Gasteiger partial charge on any atom is -0.480 e. The van der Waals surface area contributed by atoms with Crippen LogP contribution in [-0.2, 0) is 4.79 Å². The number of likely N-dealkylation sites (N-methyl/N-ethyl adjacent to an activating group) is 1. The third-order valence-corrected chi connectivity index (χ3v) is 2.75. The number of nitrogens with one attached hydrogen (secondary N) is 1. The van der Waals surface area contributed by atoms with Crippen molar-refractivity contribution in [2.75, 3.05) is 12.4 Å². The Balaban J connectivity index is 2.88. The number of carbonyl (C=O) groups excluding carboxylic acids is 1. The summed E-state index contributed by atoms with van der Waals surface area (Å²) < 4.78 is 26.8. The van der Waals surface area contributed by atoms with Crippen molar-refractivity contribution in [2.24, 2.45) is 0 Å². The smallest absolute Gasteiger partial charge is 0.326 e. The lowest BCUT2D eigenvalue weighted by atomic mass is 10.2. The van der Waals surface area contributed by atoms with Gasteiger partial charge in [-0.05, 0) is 25.5 Å². The topological polar surface area (TPSA) is 69.6 Å². The van der Waals surface area contributed by atoms with E-state index in [0.29, 0.717) is 0 Å². The van der Waals surface area contributed by atoms with E-state index in [9.17, 15) is 18.4 Å². The first-order valence-electron chi connectivity index (χ1n) is 5.46. The molecule has 0 aliphatic carbocycles. The number of carboxylic acids is 1. The number of benzene rings is 1. The van der Waals surface area contributed by atoms with Gasteiger partial charge in [0.1, 0.15) is 17.7 Å². The molecule has 1 rings (SSSR count). The highest BCUT2D eigenvalue weighted by atomic mass is 19.1. The van der Waals surface area contributed by atoms with Crippen LogP contribution in [0.2, 0.25) is 0 Å². The average Bonchev–Trinajstić information content (AvgIpc) is 2.33. The van der Waals surface area contributed by atoms with Gasteiger partial charge in [0.05, 0.1) is 5.69 Å². The number of rotatable bonds is 3. The second-order valence-electron chi connectivity index (χ2n) is 4.14. The first kappa shape index (κ1) is 14.9. The second kappa shape index (κ2) is 5.64. The molecule has 1 unspecified atom stereocenters. The lowest BCUT2D eigenvalue weighted by Crippen LogP contribution is -2.42. The number of amides is 2. The third kappa shape index (κ3) is 3.40. The molecule has 0 radical (unpaired) electrons. The molecule has 1 atom stereocenters. The number of anilines is 1. The number of aryl methyl sites for hydroxylation is 1. The van der Waals surface area contributed by atoms with Gasteiger partial charge in [0.25, 0.3) is 0 Å². The fourth-order valence-electron chi connectivity index (χ4n) is 1.29. The molecule has 7 heteroatoms. The van der Waals surface area contributed by atoms with Gasteiger partial charge in [-0.1, -0.05) is 0 Å². The largest absolute Gasteiger partial charge is 0.480 e.